The van der Waals surface area contributed by atoms with Crippen molar-refractivity contribution in [2.24, 2.45) is 0 Å². The zero-order valence-electron chi connectivity index (χ0n) is 19.5. The van der Waals surface area contributed by atoms with Gasteiger partial charge in [0.15, 0.2) is 18.1 Å². The van der Waals surface area contributed by atoms with Crippen LogP contribution in [0, 0.1) is 5.82 Å². The van der Waals surface area contributed by atoms with E-state index in [2.05, 4.69) is 10.6 Å². The third kappa shape index (κ3) is 7.99. The first-order chi connectivity index (χ1) is 16.2. The molecule has 0 aliphatic heterocycles. The molecule has 0 aliphatic carbocycles. The van der Waals surface area contributed by atoms with E-state index in [1.54, 1.807) is 18.2 Å². The molecule has 9 nitrogen and oxygen atoms in total. The zero-order chi connectivity index (χ0) is 25.1. The Bertz CT molecular complexity index is 1080. The number of carbonyl (C=O) groups excluding carboxylic acids is 2. The van der Waals surface area contributed by atoms with Crippen LogP contribution < -0.4 is 20.1 Å². The summed E-state index contributed by atoms with van der Waals surface area (Å²) >= 11 is 0. The minimum Gasteiger partial charge on any atom is -0.493 e. The Balaban J connectivity index is 1.81. The van der Waals surface area contributed by atoms with Gasteiger partial charge in [-0.2, -0.15) is 0 Å². The van der Waals surface area contributed by atoms with E-state index in [1.807, 2.05) is 6.92 Å². The van der Waals surface area contributed by atoms with Crippen LogP contribution in [0.4, 0.5) is 4.39 Å². The Morgan fingerprint density at radius 2 is 1.74 bits per heavy atom. The topological polar surface area (TPSA) is 114 Å². The number of amides is 2. The van der Waals surface area contributed by atoms with Gasteiger partial charge in [0.05, 0.1) is 12.0 Å². The molecule has 0 spiro atoms. The van der Waals surface area contributed by atoms with Crippen LogP contribution in [0.3, 0.4) is 0 Å². The maximum atomic E-state index is 13.0. The lowest BCUT2D eigenvalue weighted by molar-refractivity contribution is -0.123. The minimum atomic E-state index is -3.75. The second kappa shape index (κ2) is 12.9. The molecule has 2 amide bonds. The number of hydrogen-bond acceptors (Lipinski definition) is 6. The monoisotopic (exact) mass is 495 g/mol. The second-order valence-corrected chi connectivity index (χ2v) is 9.43. The molecule has 2 N–H and O–H groups in total. The van der Waals surface area contributed by atoms with Crippen LogP contribution >= 0.6 is 0 Å². The van der Waals surface area contributed by atoms with Crippen LogP contribution in [-0.4, -0.2) is 58.4 Å². The maximum Gasteiger partial charge on any atom is 0.257 e. The highest BCUT2D eigenvalue weighted by molar-refractivity contribution is 7.89. The van der Waals surface area contributed by atoms with Crippen molar-refractivity contribution in [2.75, 3.05) is 33.9 Å². The summed E-state index contributed by atoms with van der Waals surface area (Å²) in [7, 11) is -0.856. The highest BCUT2D eigenvalue weighted by Gasteiger charge is 2.20. The van der Waals surface area contributed by atoms with Crippen LogP contribution in [-0.2, 0) is 26.2 Å². The molecule has 34 heavy (non-hydrogen) atoms. The highest BCUT2D eigenvalue weighted by atomic mass is 32.2. The first-order valence-corrected chi connectivity index (χ1v) is 12.2. The van der Waals surface area contributed by atoms with Crippen molar-refractivity contribution >= 4 is 21.8 Å². The number of likely N-dealkylation sites (N-methyl/N-ethyl adjacent to an activating group) is 1. The van der Waals surface area contributed by atoms with Crippen molar-refractivity contribution in [2.45, 2.75) is 31.2 Å². The molecule has 0 bridgehead atoms. The second-order valence-electron chi connectivity index (χ2n) is 7.39. The van der Waals surface area contributed by atoms with Gasteiger partial charge in [0.25, 0.3) is 5.91 Å². The van der Waals surface area contributed by atoms with Gasteiger partial charge in [-0.05, 0) is 55.3 Å². The lowest BCUT2D eigenvalue weighted by Crippen LogP contribution is -2.29. The molecule has 11 heteroatoms. The molecule has 2 aromatic carbocycles. The Morgan fingerprint density at radius 1 is 1.03 bits per heavy atom. The smallest absolute Gasteiger partial charge is 0.257 e. The fourth-order valence-corrected chi connectivity index (χ4v) is 4.20. The van der Waals surface area contributed by atoms with E-state index < -0.39 is 15.8 Å². The third-order valence-corrected chi connectivity index (χ3v) is 6.72. The average Bonchev–Trinajstić information content (AvgIpc) is 2.82. The number of hydrogen-bond donors (Lipinski definition) is 2. The van der Waals surface area contributed by atoms with Crippen molar-refractivity contribution < 1.29 is 31.9 Å². The van der Waals surface area contributed by atoms with E-state index >= 15 is 0 Å². The Kier molecular flexibility index (Phi) is 10.3. The van der Waals surface area contributed by atoms with Gasteiger partial charge < -0.3 is 20.1 Å². The summed E-state index contributed by atoms with van der Waals surface area (Å²) in [5.74, 6) is -0.143. The average molecular weight is 496 g/mol. The van der Waals surface area contributed by atoms with Crippen molar-refractivity contribution in [3.63, 3.8) is 0 Å². The number of rotatable bonds is 13. The number of methoxy groups -OCH3 is 1. The van der Waals surface area contributed by atoms with Crippen LogP contribution in [0.25, 0.3) is 0 Å². The van der Waals surface area contributed by atoms with Crippen molar-refractivity contribution in [3.05, 3.63) is 53.8 Å². The molecular weight excluding hydrogens is 465 g/mol. The summed E-state index contributed by atoms with van der Waals surface area (Å²) in [5, 5.41) is 5.42. The van der Waals surface area contributed by atoms with Crippen molar-refractivity contribution in [1.29, 1.82) is 0 Å². The van der Waals surface area contributed by atoms with Gasteiger partial charge in [-0.1, -0.05) is 6.07 Å². The highest BCUT2D eigenvalue weighted by Crippen LogP contribution is 2.28. The number of carbonyl (C=O) groups is 2. The summed E-state index contributed by atoms with van der Waals surface area (Å²) in [6, 6.07) is 9.71. The molecule has 0 saturated heterocycles. The third-order valence-electron chi connectivity index (χ3n) is 4.85. The quantitative estimate of drug-likeness (QED) is 0.440. The van der Waals surface area contributed by atoms with Gasteiger partial charge in [-0.3, -0.25) is 9.59 Å². The Morgan fingerprint density at radius 3 is 2.38 bits per heavy atom. The predicted octanol–water partition coefficient (Wildman–Crippen LogP) is 2.07. The van der Waals surface area contributed by atoms with E-state index in [4.69, 9.17) is 9.47 Å². The summed E-state index contributed by atoms with van der Waals surface area (Å²) in [6.07, 6.45) is 0.451. The number of benzene rings is 2. The fourth-order valence-electron chi connectivity index (χ4n) is 2.99. The largest absolute Gasteiger partial charge is 0.493 e. The zero-order valence-corrected chi connectivity index (χ0v) is 20.3. The molecule has 2 rings (SSSR count). The van der Waals surface area contributed by atoms with Gasteiger partial charge in [-0.15, -0.1) is 0 Å². The number of ether oxygens (including phenoxy) is 2. The van der Waals surface area contributed by atoms with Gasteiger partial charge in [0.2, 0.25) is 15.9 Å². The molecule has 0 radical (unpaired) electrons. The molecule has 0 heterocycles. The molecular formula is C23H30FN3O6S. The summed E-state index contributed by atoms with van der Waals surface area (Å²) < 4.78 is 49.9. The van der Waals surface area contributed by atoms with Gasteiger partial charge in [0.1, 0.15) is 5.82 Å². The predicted molar refractivity (Wildman–Crippen MR) is 124 cm³/mol. The van der Waals surface area contributed by atoms with Gasteiger partial charge in [0, 0.05) is 33.1 Å². The molecule has 0 aromatic heterocycles. The summed E-state index contributed by atoms with van der Waals surface area (Å²) in [6.45, 7) is 2.58. The molecule has 0 saturated carbocycles. The molecule has 0 atom stereocenters. The van der Waals surface area contributed by atoms with Crippen LogP contribution in [0.5, 0.6) is 11.5 Å². The fraction of sp³-hybridized carbons (Fsp3) is 0.391. The van der Waals surface area contributed by atoms with Crippen LogP contribution in [0.1, 0.15) is 25.3 Å². The SMILES string of the molecule is CCNC(=O)COc1ccc(CNC(=O)CCCN(C)S(=O)(=O)c2ccc(F)cc2)cc1OC. The Labute approximate surface area is 199 Å². The number of halogens is 1. The van der Waals surface area contributed by atoms with Gasteiger partial charge in [-0.25, -0.2) is 17.1 Å². The van der Waals surface area contributed by atoms with Crippen molar-refractivity contribution in [3.8, 4) is 11.5 Å². The van der Waals surface area contributed by atoms with E-state index in [0.29, 0.717) is 24.5 Å². The van der Waals surface area contributed by atoms with E-state index in [9.17, 15) is 22.4 Å². The summed E-state index contributed by atoms with van der Waals surface area (Å²) in [4.78, 5) is 23.7. The van der Waals surface area contributed by atoms with E-state index in [1.165, 1.54) is 26.3 Å². The van der Waals surface area contributed by atoms with Crippen molar-refractivity contribution in [1.82, 2.24) is 14.9 Å². The lowest BCUT2D eigenvalue weighted by Gasteiger charge is -2.17. The minimum absolute atomic E-state index is 0.00628. The normalized spacial score (nSPS) is 11.2. The Hall–Kier alpha value is -3.18. The molecule has 0 fully saturated rings. The van der Waals surface area contributed by atoms with Crippen LogP contribution in [0.2, 0.25) is 0 Å². The lowest BCUT2D eigenvalue weighted by atomic mass is 10.2. The maximum absolute atomic E-state index is 13.0. The summed E-state index contributed by atoms with van der Waals surface area (Å²) in [5.41, 5.74) is 0.770. The van der Waals surface area contributed by atoms with E-state index in [-0.39, 0.29) is 42.8 Å². The molecule has 2 aromatic rings. The number of nitrogens with one attached hydrogen (secondary N) is 2. The van der Waals surface area contributed by atoms with Gasteiger partial charge >= 0.3 is 0 Å². The molecule has 186 valence electrons. The van der Waals surface area contributed by atoms with E-state index in [0.717, 1.165) is 22.0 Å². The standard InChI is InChI=1S/C23H30FN3O6S/c1-4-25-23(29)16-33-20-12-7-17(14-21(20)32-3)15-26-22(28)6-5-13-27(2)34(30,31)19-10-8-18(24)9-11-19/h7-12,14H,4-6,13,15-16H2,1-3H3,(H,25,29)(H,26,28). The number of sulfonamides is 1. The first kappa shape index (κ1) is 27.1. The first-order valence-electron chi connectivity index (χ1n) is 10.7. The number of nitrogens with zero attached hydrogens (tertiary/aromatic N) is 1. The molecule has 0 unspecified atom stereocenters. The molecule has 0 aliphatic rings. The van der Waals surface area contributed by atoms with Crippen LogP contribution in [0.15, 0.2) is 47.4 Å².